The molecule has 0 N–H and O–H groups in total. The van der Waals surface area contributed by atoms with E-state index in [2.05, 4.69) is 6.92 Å². The molecule has 1 amide bonds. The van der Waals surface area contributed by atoms with Gasteiger partial charge in [-0.15, -0.1) is 11.6 Å². The van der Waals surface area contributed by atoms with E-state index in [-0.39, 0.29) is 17.8 Å². The number of piperidine rings is 1. The Kier molecular flexibility index (Phi) is 11.1. The van der Waals surface area contributed by atoms with Crippen molar-refractivity contribution < 1.29 is 14.3 Å². The number of hydrogen-bond donors (Lipinski definition) is 0. The fourth-order valence-electron chi connectivity index (χ4n) is 2.95. The van der Waals surface area contributed by atoms with Gasteiger partial charge in [0.1, 0.15) is 0 Å². The van der Waals surface area contributed by atoms with Crippen LogP contribution in [-0.4, -0.2) is 42.4 Å². The number of carbonyl (C=O) groups is 2. The third-order valence-electron chi connectivity index (χ3n) is 4.48. The van der Waals surface area contributed by atoms with Crippen LogP contribution in [-0.2, 0) is 14.3 Å². The van der Waals surface area contributed by atoms with Gasteiger partial charge < -0.3 is 9.64 Å². The van der Waals surface area contributed by atoms with Crippen LogP contribution in [0.25, 0.3) is 0 Å². The van der Waals surface area contributed by atoms with E-state index < -0.39 is 0 Å². The van der Waals surface area contributed by atoms with Crippen molar-refractivity contribution in [1.29, 1.82) is 0 Å². The van der Waals surface area contributed by atoms with Gasteiger partial charge in [0.15, 0.2) is 0 Å². The standard InChI is InChI=1S/C18H32ClNO3/c1-2-3-4-5-6-7-8-15-23-18(22)16-10-13-20(14-11-16)17(21)9-12-19/h16H,2-15H2,1H3. The first-order valence-corrected chi connectivity index (χ1v) is 9.72. The maximum Gasteiger partial charge on any atom is 0.309 e. The topological polar surface area (TPSA) is 46.6 Å². The van der Waals surface area contributed by atoms with E-state index >= 15 is 0 Å². The Hall–Kier alpha value is -0.770. The SMILES string of the molecule is CCCCCCCCCOC(=O)C1CCN(C(=O)CCCl)CC1. The van der Waals surface area contributed by atoms with E-state index in [0.717, 1.165) is 12.8 Å². The highest BCUT2D eigenvalue weighted by Gasteiger charge is 2.27. The minimum absolute atomic E-state index is 0.0420. The summed E-state index contributed by atoms with van der Waals surface area (Å²) in [7, 11) is 0. The molecular formula is C18H32ClNO3. The quantitative estimate of drug-likeness (QED) is 0.321. The molecule has 134 valence electrons. The Balaban J connectivity index is 2.05. The molecule has 1 aliphatic rings. The first-order chi connectivity index (χ1) is 11.2. The van der Waals surface area contributed by atoms with Gasteiger partial charge in [-0.05, 0) is 19.3 Å². The minimum atomic E-state index is -0.0829. The van der Waals surface area contributed by atoms with Crippen molar-refractivity contribution in [2.24, 2.45) is 5.92 Å². The van der Waals surface area contributed by atoms with Crippen molar-refractivity contribution in [3.05, 3.63) is 0 Å². The summed E-state index contributed by atoms with van der Waals surface area (Å²) in [6, 6.07) is 0. The van der Waals surface area contributed by atoms with Crippen molar-refractivity contribution >= 4 is 23.5 Å². The number of hydrogen-bond acceptors (Lipinski definition) is 3. The zero-order valence-corrected chi connectivity index (χ0v) is 15.3. The van der Waals surface area contributed by atoms with Crippen LogP contribution in [0.1, 0.15) is 71.1 Å². The molecule has 0 aromatic rings. The molecule has 23 heavy (non-hydrogen) atoms. The van der Waals surface area contributed by atoms with Gasteiger partial charge >= 0.3 is 5.97 Å². The Bertz CT molecular complexity index is 341. The highest BCUT2D eigenvalue weighted by molar-refractivity contribution is 6.18. The number of alkyl halides is 1. The Labute approximate surface area is 145 Å². The summed E-state index contributed by atoms with van der Waals surface area (Å²) < 4.78 is 5.39. The van der Waals surface area contributed by atoms with E-state index in [9.17, 15) is 9.59 Å². The fourth-order valence-corrected chi connectivity index (χ4v) is 3.11. The van der Waals surface area contributed by atoms with Crippen LogP contribution in [0, 0.1) is 5.92 Å². The van der Waals surface area contributed by atoms with Gasteiger partial charge in [-0.25, -0.2) is 0 Å². The number of halogens is 1. The molecule has 0 spiro atoms. The molecule has 0 atom stereocenters. The van der Waals surface area contributed by atoms with E-state index in [0.29, 0.717) is 44.8 Å². The van der Waals surface area contributed by atoms with Crippen LogP contribution in [0.5, 0.6) is 0 Å². The minimum Gasteiger partial charge on any atom is -0.465 e. The van der Waals surface area contributed by atoms with Crippen molar-refractivity contribution in [2.45, 2.75) is 71.1 Å². The molecule has 0 unspecified atom stereocenters. The molecule has 1 rings (SSSR count). The monoisotopic (exact) mass is 345 g/mol. The van der Waals surface area contributed by atoms with Gasteiger partial charge in [0.05, 0.1) is 12.5 Å². The van der Waals surface area contributed by atoms with Gasteiger partial charge in [0, 0.05) is 25.4 Å². The van der Waals surface area contributed by atoms with Crippen LogP contribution in [0.3, 0.4) is 0 Å². The number of nitrogens with zero attached hydrogens (tertiary/aromatic N) is 1. The molecule has 0 aliphatic carbocycles. The largest absolute Gasteiger partial charge is 0.465 e. The van der Waals surface area contributed by atoms with Gasteiger partial charge in [-0.3, -0.25) is 9.59 Å². The normalized spacial score (nSPS) is 15.7. The number of carbonyl (C=O) groups excluding carboxylic acids is 2. The average molecular weight is 346 g/mol. The Morgan fingerprint density at radius 3 is 2.26 bits per heavy atom. The van der Waals surface area contributed by atoms with Crippen LogP contribution in [0.4, 0.5) is 0 Å². The number of amides is 1. The lowest BCUT2D eigenvalue weighted by Gasteiger charge is -2.30. The molecule has 5 heteroatoms. The molecule has 1 aliphatic heterocycles. The lowest BCUT2D eigenvalue weighted by atomic mass is 9.97. The molecule has 1 saturated heterocycles. The Morgan fingerprint density at radius 1 is 1.04 bits per heavy atom. The molecule has 1 fully saturated rings. The summed E-state index contributed by atoms with van der Waals surface area (Å²) in [6.07, 6.45) is 10.3. The van der Waals surface area contributed by atoms with Crippen molar-refractivity contribution in [1.82, 2.24) is 4.90 Å². The van der Waals surface area contributed by atoms with E-state index in [4.69, 9.17) is 16.3 Å². The van der Waals surface area contributed by atoms with Gasteiger partial charge in [-0.1, -0.05) is 45.4 Å². The lowest BCUT2D eigenvalue weighted by Crippen LogP contribution is -2.40. The summed E-state index contributed by atoms with van der Waals surface area (Å²) in [5, 5.41) is 0. The summed E-state index contributed by atoms with van der Waals surface area (Å²) >= 11 is 5.59. The number of rotatable bonds is 11. The molecule has 0 aromatic heterocycles. The summed E-state index contributed by atoms with van der Waals surface area (Å²) in [5.74, 6) is 0.328. The van der Waals surface area contributed by atoms with E-state index in [1.165, 1.54) is 32.1 Å². The Morgan fingerprint density at radius 2 is 1.65 bits per heavy atom. The zero-order chi connectivity index (χ0) is 16.9. The first-order valence-electron chi connectivity index (χ1n) is 9.19. The third kappa shape index (κ3) is 8.59. The number of unbranched alkanes of at least 4 members (excludes halogenated alkanes) is 6. The summed E-state index contributed by atoms with van der Waals surface area (Å²) in [6.45, 7) is 4.05. The van der Waals surface area contributed by atoms with Gasteiger partial charge in [-0.2, -0.15) is 0 Å². The summed E-state index contributed by atoms with van der Waals surface area (Å²) in [4.78, 5) is 25.6. The van der Waals surface area contributed by atoms with Crippen LogP contribution < -0.4 is 0 Å². The lowest BCUT2D eigenvalue weighted by molar-refractivity contribution is -0.151. The van der Waals surface area contributed by atoms with Crippen LogP contribution in [0.15, 0.2) is 0 Å². The van der Waals surface area contributed by atoms with Crippen molar-refractivity contribution in [3.8, 4) is 0 Å². The molecule has 0 radical (unpaired) electrons. The molecule has 0 saturated carbocycles. The van der Waals surface area contributed by atoms with E-state index in [1.54, 1.807) is 0 Å². The van der Waals surface area contributed by atoms with Crippen LogP contribution >= 0.6 is 11.6 Å². The second-order valence-electron chi connectivity index (χ2n) is 6.38. The maximum atomic E-state index is 12.0. The van der Waals surface area contributed by atoms with Crippen LogP contribution in [0.2, 0.25) is 0 Å². The highest BCUT2D eigenvalue weighted by Crippen LogP contribution is 2.19. The average Bonchev–Trinajstić information content (AvgIpc) is 2.57. The molecule has 0 bridgehead atoms. The predicted octanol–water partition coefficient (Wildman–Crippen LogP) is 4.15. The number of ether oxygens (including phenoxy) is 1. The smallest absolute Gasteiger partial charge is 0.309 e. The fraction of sp³-hybridized carbons (Fsp3) is 0.889. The van der Waals surface area contributed by atoms with Gasteiger partial charge in [0.25, 0.3) is 0 Å². The van der Waals surface area contributed by atoms with Crippen molar-refractivity contribution in [2.75, 3.05) is 25.6 Å². The van der Waals surface area contributed by atoms with Crippen molar-refractivity contribution in [3.63, 3.8) is 0 Å². The van der Waals surface area contributed by atoms with Gasteiger partial charge in [0.2, 0.25) is 5.91 Å². The predicted molar refractivity (Wildman–Crippen MR) is 93.6 cm³/mol. The molecule has 4 nitrogen and oxygen atoms in total. The number of esters is 1. The molecular weight excluding hydrogens is 314 g/mol. The maximum absolute atomic E-state index is 12.0. The van der Waals surface area contributed by atoms with E-state index in [1.807, 2.05) is 4.90 Å². The molecule has 0 aromatic carbocycles. The summed E-state index contributed by atoms with van der Waals surface area (Å²) in [5.41, 5.74) is 0. The highest BCUT2D eigenvalue weighted by atomic mass is 35.5. The third-order valence-corrected chi connectivity index (χ3v) is 4.67. The number of likely N-dealkylation sites (tertiary alicyclic amines) is 1. The zero-order valence-electron chi connectivity index (χ0n) is 14.5. The second kappa shape index (κ2) is 12.6. The second-order valence-corrected chi connectivity index (χ2v) is 6.76. The first kappa shape index (κ1) is 20.3. The molecule has 1 heterocycles.